The van der Waals surface area contributed by atoms with E-state index in [2.05, 4.69) is 52.9 Å². The Hall–Kier alpha value is -4.85. The first-order valence-electron chi connectivity index (χ1n) is 20.2. The summed E-state index contributed by atoms with van der Waals surface area (Å²) in [4.78, 5) is 19.8. The molecule has 3 N–H and O–H groups in total. The molecule has 1 fully saturated rings. The van der Waals surface area contributed by atoms with Gasteiger partial charge >= 0.3 is 5.97 Å². The van der Waals surface area contributed by atoms with Crippen molar-refractivity contribution in [2.24, 2.45) is 11.1 Å². The maximum Gasteiger partial charge on any atom is 0.320 e. The van der Waals surface area contributed by atoms with Gasteiger partial charge in [-0.25, -0.2) is 17.4 Å². The van der Waals surface area contributed by atoms with Crippen LogP contribution in [-0.4, -0.2) is 84.1 Å². The van der Waals surface area contributed by atoms with E-state index in [1.165, 1.54) is 21.5 Å². The number of pyridine rings is 1. The molecule has 3 heterocycles. The van der Waals surface area contributed by atoms with E-state index in [1.54, 1.807) is 47.9 Å². The number of hydrogen-bond donors (Lipinski definition) is 2. The maximum absolute atomic E-state index is 13.6. The van der Waals surface area contributed by atoms with Gasteiger partial charge in [-0.3, -0.25) is 9.69 Å². The lowest BCUT2D eigenvalue weighted by atomic mass is 9.72. The minimum absolute atomic E-state index is 0.219. The molecule has 6 aromatic rings. The van der Waals surface area contributed by atoms with Crippen LogP contribution >= 0.6 is 23.4 Å². The van der Waals surface area contributed by atoms with Crippen molar-refractivity contribution in [3.05, 3.63) is 132 Å². The molecule has 10 nitrogen and oxygen atoms in total. The second-order valence-electron chi connectivity index (χ2n) is 16.2. The summed E-state index contributed by atoms with van der Waals surface area (Å²) < 4.78 is 34.8. The molecular weight excluding hydrogens is 814 g/mol. The number of piperazine rings is 1. The number of nitrogens with two attached hydrogens (primary N) is 1. The Balaban J connectivity index is 0.000000545. The Morgan fingerprint density at radius 2 is 1.67 bits per heavy atom. The van der Waals surface area contributed by atoms with Gasteiger partial charge < -0.3 is 20.5 Å². The molecule has 0 spiro atoms. The second-order valence-corrected chi connectivity index (χ2v) is 19.5. The van der Waals surface area contributed by atoms with Crippen molar-refractivity contribution in [1.82, 2.24) is 13.9 Å². The van der Waals surface area contributed by atoms with Crippen LogP contribution in [-0.2, 0) is 14.8 Å². The van der Waals surface area contributed by atoms with Crippen LogP contribution in [0.1, 0.15) is 45.1 Å². The molecule has 0 radical (unpaired) electrons. The second kappa shape index (κ2) is 18.8. The van der Waals surface area contributed by atoms with Crippen LogP contribution in [0, 0.1) is 5.41 Å². The number of anilines is 1. The van der Waals surface area contributed by atoms with Gasteiger partial charge in [-0.15, -0.1) is 0 Å². The summed E-state index contributed by atoms with van der Waals surface area (Å²) in [6.45, 7) is 9.62. The fraction of sp³-hybridized carbons (Fsp3) is 0.319. The number of halogens is 1. The van der Waals surface area contributed by atoms with Crippen molar-refractivity contribution in [2.45, 2.75) is 50.5 Å². The summed E-state index contributed by atoms with van der Waals surface area (Å²) >= 11 is 7.82. The number of hydrogen-bond acceptors (Lipinski definition) is 9. The minimum atomic E-state index is -3.84. The molecule has 0 bridgehead atoms. The number of fused-ring (bicyclic) bond motifs is 2. The zero-order chi connectivity index (χ0) is 42.4. The van der Waals surface area contributed by atoms with Crippen molar-refractivity contribution in [3.8, 4) is 11.5 Å². The maximum atomic E-state index is 13.6. The standard InChI is InChI=1S/C42H41ClN4O3S.C5H11NO2S/c1-42(2)18-16-34(40(27-42)31-10-13-35(43)14-11-31)29-45-20-22-46(23-21-45)36-8-5-9-37(26-36)50-38-24-33-17-19-47(41(33)44-28-38)51(48,49)39-15-12-30-6-3-4-7-32(30)25-39;1-9-3-2-4(6)5(7)8/h3-15,17,19,24-26,28H,16,18,20-23,27,29H2,1-2H3;4H,2-3,6H2,1H3,(H,7,8)/t;4-/m.0/s1. The Labute approximate surface area is 362 Å². The summed E-state index contributed by atoms with van der Waals surface area (Å²) in [5, 5.41) is 11.6. The van der Waals surface area contributed by atoms with Crippen molar-refractivity contribution in [3.63, 3.8) is 0 Å². The number of carbonyl (C=O) groups is 1. The first kappa shape index (κ1) is 43.2. The van der Waals surface area contributed by atoms with Crippen LogP contribution in [0.4, 0.5) is 5.69 Å². The number of carboxylic acid groups (broad SMARTS) is 1. The molecule has 314 valence electrons. The van der Waals surface area contributed by atoms with Gasteiger partial charge in [-0.05, 0) is 114 Å². The van der Waals surface area contributed by atoms with Gasteiger partial charge in [0.25, 0.3) is 10.0 Å². The van der Waals surface area contributed by atoms with E-state index in [0.29, 0.717) is 34.4 Å². The SMILES string of the molecule is CC1(C)CCC(CN2CCN(c3cccc(Oc4cnc5c(ccn5S(=O)(=O)c5ccc6ccccc6c5)c4)c3)CC2)=C(c2ccc(Cl)cc2)C1.CSCC[C@H](N)C(=O)O. The summed E-state index contributed by atoms with van der Waals surface area (Å²) in [6, 6.07) is 32.3. The number of thioether (sulfide) groups is 1. The number of ether oxygens (including phenoxy) is 1. The van der Waals surface area contributed by atoms with E-state index < -0.39 is 22.0 Å². The smallest absolute Gasteiger partial charge is 0.320 e. The molecule has 0 unspecified atom stereocenters. The van der Waals surface area contributed by atoms with Crippen LogP contribution < -0.4 is 15.4 Å². The number of allylic oxidation sites excluding steroid dienone is 1. The van der Waals surface area contributed by atoms with Crippen LogP contribution in [0.15, 0.2) is 126 Å². The number of aliphatic carboxylic acids is 1. The third kappa shape index (κ3) is 10.4. The minimum Gasteiger partial charge on any atom is -0.480 e. The highest BCUT2D eigenvalue weighted by Crippen LogP contribution is 2.43. The molecule has 1 aliphatic carbocycles. The van der Waals surface area contributed by atoms with Crippen molar-refractivity contribution in [2.75, 3.05) is 49.6 Å². The van der Waals surface area contributed by atoms with Crippen LogP contribution in [0.2, 0.25) is 5.02 Å². The van der Waals surface area contributed by atoms with E-state index in [4.69, 9.17) is 27.2 Å². The van der Waals surface area contributed by atoms with Crippen LogP contribution in [0.3, 0.4) is 0 Å². The lowest BCUT2D eigenvalue weighted by Gasteiger charge is -2.39. The van der Waals surface area contributed by atoms with Crippen molar-refractivity contribution >= 4 is 72.4 Å². The van der Waals surface area contributed by atoms with E-state index in [1.807, 2.05) is 66.9 Å². The number of aromatic nitrogens is 2. The monoisotopic (exact) mass is 865 g/mol. The number of benzene rings is 4. The number of carboxylic acids is 1. The fourth-order valence-electron chi connectivity index (χ4n) is 7.82. The predicted octanol–water partition coefficient (Wildman–Crippen LogP) is 9.81. The molecular formula is C47H52ClN5O5S2. The number of nitrogens with zero attached hydrogens (tertiary/aromatic N) is 4. The average Bonchev–Trinajstić information content (AvgIpc) is 3.68. The molecule has 1 aliphatic heterocycles. The van der Waals surface area contributed by atoms with E-state index in [9.17, 15) is 13.2 Å². The van der Waals surface area contributed by atoms with Gasteiger partial charge in [0.1, 0.15) is 17.5 Å². The first-order valence-corrected chi connectivity index (χ1v) is 23.4. The van der Waals surface area contributed by atoms with Crippen molar-refractivity contribution < 1.29 is 23.1 Å². The molecule has 8 rings (SSSR count). The summed E-state index contributed by atoms with van der Waals surface area (Å²) in [7, 11) is -3.84. The molecule has 2 aromatic heterocycles. The molecule has 0 saturated carbocycles. The zero-order valence-electron chi connectivity index (χ0n) is 34.3. The third-order valence-electron chi connectivity index (χ3n) is 11.3. The van der Waals surface area contributed by atoms with E-state index in [0.717, 1.165) is 72.8 Å². The van der Waals surface area contributed by atoms with Gasteiger partial charge in [0.15, 0.2) is 5.65 Å². The molecule has 60 heavy (non-hydrogen) atoms. The van der Waals surface area contributed by atoms with E-state index in [-0.39, 0.29) is 4.90 Å². The molecule has 1 atom stereocenters. The molecule has 0 amide bonds. The number of rotatable bonds is 12. The molecule has 13 heteroatoms. The largest absolute Gasteiger partial charge is 0.480 e. The zero-order valence-corrected chi connectivity index (χ0v) is 36.6. The normalized spacial score (nSPS) is 16.4. The van der Waals surface area contributed by atoms with Crippen LogP contribution in [0.5, 0.6) is 11.5 Å². The quantitative estimate of drug-likeness (QED) is 0.123. The highest BCUT2D eigenvalue weighted by atomic mass is 35.5. The lowest BCUT2D eigenvalue weighted by molar-refractivity contribution is -0.138. The van der Waals surface area contributed by atoms with Gasteiger partial charge in [0.2, 0.25) is 0 Å². The Morgan fingerprint density at radius 1 is 0.917 bits per heavy atom. The Morgan fingerprint density at radius 3 is 2.40 bits per heavy atom. The highest BCUT2D eigenvalue weighted by molar-refractivity contribution is 7.98. The first-order chi connectivity index (χ1) is 28.8. The summed E-state index contributed by atoms with van der Waals surface area (Å²) in [5.74, 6) is 1.16. The average molecular weight is 867 g/mol. The van der Waals surface area contributed by atoms with Crippen molar-refractivity contribution in [1.29, 1.82) is 0 Å². The van der Waals surface area contributed by atoms with Gasteiger partial charge in [0, 0.05) is 61.1 Å². The molecule has 2 aliphatic rings. The van der Waals surface area contributed by atoms with Gasteiger partial charge in [-0.1, -0.05) is 79.6 Å². The topological polar surface area (TPSA) is 131 Å². The van der Waals surface area contributed by atoms with E-state index >= 15 is 0 Å². The fourth-order valence-corrected chi connectivity index (χ4v) is 9.78. The highest BCUT2D eigenvalue weighted by Gasteiger charge is 2.29. The van der Waals surface area contributed by atoms with Gasteiger partial charge in [-0.2, -0.15) is 11.8 Å². The lowest BCUT2D eigenvalue weighted by Crippen LogP contribution is -2.47. The molecule has 1 saturated heterocycles. The Bertz CT molecular complexity index is 2600. The summed E-state index contributed by atoms with van der Waals surface area (Å²) in [5.41, 5.74) is 11.3. The van der Waals surface area contributed by atoms with Gasteiger partial charge in [0.05, 0.1) is 11.1 Å². The predicted molar refractivity (Wildman–Crippen MR) is 246 cm³/mol. The molecule has 4 aromatic carbocycles. The third-order valence-corrected chi connectivity index (χ3v) is 13.8. The summed E-state index contributed by atoms with van der Waals surface area (Å²) in [6.07, 6.45) is 9.05. The Kier molecular flexibility index (Phi) is 13.6. The van der Waals surface area contributed by atoms with Crippen LogP contribution in [0.25, 0.3) is 27.4 Å².